The molecule has 0 unspecified atom stereocenters. The SMILES string of the molecule is CC(C)(C)OC(=O)c1ccc(-c2cc(C#N)nc3ccccc23)cc1O.N#Cc1cc(-c2ccc(C(=O)O)c(O)c2)c2ccccc2n1. The Kier molecular flexibility index (Phi) is 9.03. The van der Waals surface area contributed by atoms with E-state index in [2.05, 4.69) is 16.0 Å². The molecule has 0 saturated heterocycles. The molecule has 4 aromatic carbocycles. The van der Waals surface area contributed by atoms with E-state index in [-0.39, 0.29) is 34.0 Å². The highest BCUT2D eigenvalue weighted by atomic mass is 16.6. The van der Waals surface area contributed by atoms with Gasteiger partial charge in [-0.05, 0) is 91.6 Å². The number of nitriles is 2. The van der Waals surface area contributed by atoms with Gasteiger partial charge in [-0.1, -0.05) is 48.5 Å². The number of esters is 1. The summed E-state index contributed by atoms with van der Waals surface area (Å²) in [5, 5.41) is 49.2. The number of aromatic nitrogens is 2. The Morgan fingerprint density at radius 3 is 1.50 bits per heavy atom. The molecule has 10 nitrogen and oxygen atoms in total. The summed E-state index contributed by atoms with van der Waals surface area (Å²) in [5.41, 5.74) is 3.98. The van der Waals surface area contributed by atoms with E-state index in [1.807, 2.05) is 48.5 Å². The first-order valence-corrected chi connectivity index (χ1v) is 14.6. The molecule has 3 N–H and O–H groups in total. The van der Waals surface area contributed by atoms with Crippen molar-refractivity contribution in [1.29, 1.82) is 10.5 Å². The first kappa shape index (κ1) is 32.6. The van der Waals surface area contributed by atoms with Crippen LogP contribution in [-0.4, -0.2) is 42.8 Å². The van der Waals surface area contributed by atoms with Crippen LogP contribution in [0.5, 0.6) is 11.5 Å². The molecule has 0 fully saturated rings. The Bertz CT molecular complexity index is 2310. The molecular formula is C38H28N4O6. The molecule has 2 aromatic heterocycles. The number of phenolic OH excluding ortho intramolecular Hbond substituents is 1. The molecule has 0 amide bonds. The van der Waals surface area contributed by atoms with Crippen LogP contribution >= 0.6 is 0 Å². The van der Waals surface area contributed by atoms with Gasteiger partial charge in [0.25, 0.3) is 0 Å². The fraction of sp³-hybridized carbons (Fsp3) is 0.105. The molecule has 0 aliphatic rings. The summed E-state index contributed by atoms with van der Waals surface area (Å²) in [5.74, 6) is -2.26. The average Bonchev–Trinajstić information content (AvgIpc) is 3.06. The molecule has 6 rings (SSSR count). The van der Waals surface area contributed by atoms with Crippen molar-refractivity contribution in [2.75, 3.05) is 0 Å². The van der Waals surface area contributed by atoms with Crippen molar-refractivity contribution in [3.63, 3.8) is 0 Å². The number of hydrogen-bond donors (Lipinski definition) is 3. The lowest BCUT2D eigenvalue weighted by molar-refractivity contribution is 0.00665. The van der Waals surface area contributed by atoms with Crippen LogP contribution < -0.4 is 0 Å². The summed E-state index contributed by atoms with van der Waals surface area (Å²) in [4.78, 5) is 31.7. The largest absolute Gasteiger partial charge is 0.507 e. The number of aromatic hydroxyl groups is 2. The molecule has 0 aliphatic carbocycles. The third-order valence-electron chi connectivity index (χ3n) is 7.13. The van der Waals surface area contributed by atoms with Crippen LogP contribution in [0.15, 0.2) is 97.1 Å². The zero-order valence-electron chi connectivity index (χ0n) is 26.1. The number of ether oxygens (including phenoxy) is 1. The number of aromatic carboxylic acids is 1. The Morgan fingerprint density at radius 1 is 0.667 bits per heavy atom. The number of carbonyl (C=O) groups is 2. The van der Waals surface area contributed by atoms with Crippen molar-refractivity contribution in [2.45, 2.75) is 26.4 Å². The van der Waals surface area contributed by atoms with Crippen molar-refractivity contribution in [2.24, 2.45) is 0 Å². The normalized spacial score (nSPS) is 10.8. The molecule has 0 radical (unpaired) electrons. The molecule has 0 atom stereocenters. The van der Waals surface area contributed by atoms with E-state index < -0.39 is 17.5 Å². The zero-order chi connectivity index (χ0) is 34.6. The van der Waals surface area contributed by atoms with Crippen LogP contribution in [0.2, 0.25) is 0 Å². The van der Waals surface area contributed by atoms with E-state index in [4.69, 9.17) is 15.1 Å². The number of carbonyl (C=O) groups excluding carboxylic acids is 1. The van der Waals surface area contributed by atoms with E-state index in [1.165, 1.54) is 24.3 Å². The van der Waals surface area contributed by atoms with Gasteiger partial charge in [-0.15, -0.1) is 0 Å². The Morgan fingerprint density at radius 2 is 1.10 bits per heavy atom. The third-order valence-corrected chi connectivity index (χ3v) is 7.13. The monoisotopic (exact) mass is 636 g/mol. The van der Waals surface area contributed by atoms with Gasteiger partial charge < -0.3 is 20.1 Å². The topological polar surface area (TPSA) is 177 Å². The van der Waals surface area contributed by atoms with Crippen LogP contribution in [0.25, 0.3) is 44.1 Å². The quantitative estimate of drug-likeness (QED) is 0.163. The van der Waals surface area contributed by atoms with Gasteiger partial charge >= 0.3 is 11.9 Å². The molecule has 0 spiro atoms. The molecular weight excluding hydrogens is 608 g/mol. The lowest BCUT2D eigenvalue weighted by Gasteiger charge is -2.20. The fourth-order valence-corrected chi connectivity index (χ4v) is 5.03. The Balaban J connectivity index is 0.000000190. The smallest absolute Gasteiger partial charge is 0.342 e. The minimum atomic E-state index is -1.19. The van der Waals surface area contributed by atoms with Crippen molar-refractivity contribution < 1.29 is 29.6 Å². The van der Waals surface area contributed by atoms with E-state index in [0.717, 1.165) is 21.9 Å². The van der Waals surface area contributed by atoms with Crippen LogP contribution in [0.3, 0.4) is 0 Å². The maximum atomic E-state index is 12.2. The maximum Gasteiger partial charge on any atom is 0.342 e. The summed E-state index contributed by atoms with van der Waals surface area (Å²) >= 11 is 0. The van der Waals surface area contributed by atoms with Crippen LogP contribution in [-0.2, 0) is 4.74 Å². The van der Waals surface area contributed by atoms with Crippen molar-refractivity contribution >= 4 is 33.7 Å². The van der Waals surface area contributed by atoms with Crippen molar-refractivity contribution in [1.82, 2.24) is 9.97 Å². The van der Waals surface area contributed by atoms with Crippen LogP contribution in [0, 0.1) is 22.7 Å². The summed E-state index contributed by atoms with van der Waals surface area (Å²) < 4.78 is 5.30. The second-order valence-electron chi connectivity index (χ2n) is 11.6. The standard InChI is InChI=1S/C21H18N2O3.C17H10N2O3/c1-21(2,3)26-20(25)16-9-8-13(10-19(16)24)17-11-14(12-22)23-18-7-5-4-6-15(17)18;18-9-11-8-14(12-3-1-2-4-15(12)19-11)10-5-6-13(17(21)22)16(20)7-10/h4-11,24H,1-3H3;1-8,20H,(H,21,22). The van der Waals surface area contributed by atoms with E-state index in [0.29, 0.717) is 22.2 Å². The molecule has 6 aromatic rings. The van der Waals surface area contributed by atoms with Crippen molar-refractivity contribution in [3.8, 4) is 45.9 Å². The number of fused-ring (bicyclic) bond motifs is 2. The predicted octanol–water partition coefficient (Wildman–Crippen LogP) is 7.61. The fourth-order valence-electron chi connectivity index (χ4n) is 5.03. The third kappa shape index (κ3) is 7.04. The highest BCUT2D eigenvalue weighted by Crippen LogP contribution is 2.34. The summed E-state index contributed by atoms with van der Waals surface area (Å²) in [6.07, 6.45) is 0. The first-order chi connectivity index (χ1) is 22.9. The van der Waals surface area contributed by atoms with Gasteiger partial charge in [0.15, 0.2) is 0 Å². The lowest BCUT2D eigenvalue weighted by atomic mass is 9.98. The van der Waals surface area contributed by atoms with Crippen LogP contribution in [0.1, 0.15) is 52.9 Å². The highest BCUT2D eigenvalue weighted by molar-refractivity contribution is 5.99. The van der Waals surface area contributed by atoms with E-state index in [1.54, 1.807) is 51.1 Å². The number of benzene rings is 4. The Labute approximate surface area is 275 Å². The maximum absolute atomic E-state index is 12.2. The van der Waals surface area contributed by atoms with Gasteiger partial charge in [0, 0.05) is 10.8 Å². The van der Waals surface area contributed by atoms with Gasteiger partial charge in [0.2, 0.25) is 0 Å². The van der Waals surface area contributed by atoms with Gasteiger partial charge in [-0.3, -0.25) is 0 Å². The van der Waals surface area contributed by atoms with Crippen LogP contribution in [0.4, 0.5) is 0 Å². The second-order valence-corrected chi connectivity index (χ2v) is 11.6. The van der Waals surface area contributed by atoms with Gasteiger partial charge in [0.1, 0.15) is 51.8 Å². The molecule has 10 heteroatoms. The number of rotatable bonds is 4. The van der Waals surface area contributed by atoms with Crippen molar-refractivity contribution in [3.05, 3.63) is 120 Å². The van der Waals surface area contributed by atoms with Gasteiger partial charge in [-0.25, -0.2) is 19.6 Å². The van der Waals surface area contributed by atoms with E-state index in [9.17, 15) is 25.1 Å². The predicted molar refractivity (Wildman–Crippen MR) is 179 cm³/mol. The van der Waals surface area contributed by atoms with Gasteiger partial charge in [0.05, 0.1) is 11.0 Å². The number of hydrogen-bond acceptors (Lipinski definition) is 9. The first-order valence-electron chi connectivity index (χ1n) is 14.6. The lowest BCUT2D eigenvalue weighted by Crippen LogP contribution is -2.23. The zero-order valence-corrected chi connectivity index (χ0v) is 26.1. The summed E-state index contributed by atoms with van der Waals surface area (Å²) in [7, 11) is 0. The Hall–Kier alpha value is -6.78. The minimum absolute atomic E-state index is 0.0996. The second kappa shape index (κ2) is 13.3. The number of phenols is 2. The molecule has 0 aliphatic heterocycles. The number of carboxylic acid groups (broad SMARTS) is 1. The molecule has 2 heterocycles. The molecule has 236 valence electrons. The molecule has 0 saturated carbocycles. The summed E-state index contributed by atoms with van der Waals surface area (Å²) in [6, 6.07) is 31.2. The van der Waals surface area contributed by atoms with E-state index >= 15 is 0 Å². The molecule has 0 bridgehead atoms. The number of nitrogens with zero attached hydrogens (tertiary/aromatic N) is 4. The highest BCUT2D eigenvalue weighted by Gasteiger charge is 2.21. The summed E-state index contributed by atoms with van der Waals surface area (Å²) in [6.45, 7) is 5.30. The number of para-hydroxylation sites is 2. The number of pyridine rings is 2. The van der Waals surface area contributed by atoms with Gasteiger partial charge in [-0.2, -0.15) is 10.5 Å². The molecule has 48 heavy (non-hydrogen) atoms. The minimum Gasteiger partial charge on any atom is -0.507 e. The average molecular weight is 637 g/mol. The number of carboxylic acids is 1.